The number of hydrogen-bond acceptors (Lipinski definition) is 4. The smallest absolute Gasteiger partial charge is 0.212 e. The first-order chi connectivity index (χ1) is 8.24. The van der Waals surface area contributed by atoms with Crippen molar-refractivity contribution in [2.45, 2.75) is 13.0 Å². The van der Waals surface area contributed by atoms with Crippen molar-refractivity contribution in [3.05, 3.63) is 41.5 Å². The number of imidazole rings is 1. The molecule has 0 saturated carbocycles. The second-order valence-corrected chi connectivity index (χ2v) is 4.94. The molecule has 1 atom stereocenters. The number of aromatic nitrogens is 3. The Bertz CT molecular complexity index is 607. The van der Waals surface area contributed by atoms with E-state index in [2.05, 4.69) is 10.1 Å². The summed E-state index contributed by atoms with van der Waals surface area (Å²) in [5.41, 5.74) is 7.84. The van der Waals surface area contributed by atoms with E-state index in [9.17, 15) is 0 Å². The number of benzene rings is 1. The highest BCUT2D eigenvalue weighted by atomic mass is 32.1. The highest BCUT2D eigenvalue weighted by Gasteiger charge is 2.11. The summed E-state index contributed by atoms with van der Waals surface area (Å²) in [6.07, 6.45) is 1.94. The van der Waals surface area contributed by atoms with Crippen LogP contribution in [-0.4, -0.2) is 14.6 Å². The summed E-state index contributed by atoms with van der Waals surface area (Å²) >= 11 is 1.54. The Balaban J connectivity index is 2.07. The van der Waals surface area contributed by atoms with Gasteiger partial charge in [-0.15, -0.1) is 0 Å². The molecule has 2 N–H and O–H groups in total. The summed E-state index contributed by atoms with van der Waals surface area (Å²) in [4.78, 5) is 5.43. The SMILES string of the molecule is CC(N)c1nn2cc(-c3ccccc3)nc2s1. The van der Waals surface area contributed by atoms with E-state index in [1.807, 2.05) is 43.5 Å². The maximum Gasteiger partial charge on any atom is 0.212 e. The third-order valence-corrected chi connectivity index (χ3v) is 3.64. The van der Waals surface area contributed by atoms with Crippen LogP contribution < -0.4 is 5.73 Å². The lowest BCUT2D eigenvalue weighted by atomic mass is 10.2. The third kappa shape index (κ3) is 1.83. The first-order valence-corrected chi connectivity index (χ1v) is 6.23. The molecule has 2 aromatic heterocycles. The van der Waals surface area contributed by atoms with Crippen LogP contribution in [0.2, 0.25) is 0 Å². The zero-order valence-corrected chi connectivity index (χ0v) is 10.2. The first kappa shape index (κ1) is 10.4. The Morgan fingerprint density at radius 2 is 2.06 bits per heavy atom. The molecule has 0 fully saturated rings. The van der Waals surface area contributed by atoms with Gasteiger partial charge in [-0.25, -0.2) is 9.50 Å². The van der Waals surface area contributed by atoms with E-state index < -0.39 is 0 Å². The maximum absolute atomic E-state index is 5.79. The molecular weight excluding hydrogens is 232 g/mol. The summed E-state index contributed by atoms with van der Waals surface area (Å²) < 4.78 is 1.80. The van der Waals surface area contributed by atoms with E-state index >= 15 is 0 Å². The van der Waals surface area contributed by atoms with Crippen molar-refractivity contribution in [2.24, 2.45) is 5.73 Å². The van der Waals surface area contributed by atoms with Gasteiger partial charge >= 0.3 is 0 Å². The van der Waals surface area contributed by atoms with Crippen LogP contribution in [0.5, 0.6) is 0 Å². The number of hydrogen-bond donors (Lipinski definition) is 1. The van der Waals surface area contributed by atoms with E-state index in [1.165, 1.54) is 11.3 Å². The van der Waals surface area contributed by atoms with Gasteiger partial charge in [-0.2, -0.15) is 5.10 Å². The average Bonchev–Trinajstić information content (AvgIpc) is 2.87. The van der Waals surface area contributed by atoms with Gasteiger partial charge in [0.15, 0.2) is 0 Å². The van der Waals surface area contributed by atoms with Crippen molar-refractivity contribution >= 4 is 16.3 Å². The summed E-state index contributed by atoms with van der Waals surface area (Å²) in [5, 5.41) is 5.32. The Morgan fingerprint density at radius 1 is 1.29 bits per heavy atom. The predicted octanol–water partition coefficient (Wildman–Crippen LogP) is 2.48. The molecule has 0 aliphatic carbocycles. The molecule has 0 bridgehead atoms. The molecule has 1 unspecified atom stereocenters. The van der Waals surface area contributed by atoms with Crippen LogP contribution in [0.4, 0.5) is 0 Å². The summed E-state index contributed by atoms with van der Waals surface area (Å²) in [5.74, 6) is 0. The molecule has 1 aromatic carbocycles. The molecular formula is C12H12N4S. The molecule has 0 saturated heterocycles. The fourth-order valence-corrected chi connectivity index (χ4v) is 2.48. The van der Waals surface area contributed by atoms with Crippen molar-refractivity contribution in [2.75, 3.05) is 0 Å². The molecule has 3 rings (SSSR count). The monoisotopic (exact) mass is 244 g/mol. The largest absolute Gasteiger partial charge is 0.322 e. The molecule has 5 heteroatoms. The van der Waals surface area contributed by atoms with Crippen LogP contribution in [0.25, 0.3) is 16.2 Å². The lowest BCUT2D eigenvalue weighted by molar-refractivity contribution is 0.769. The van der Waals surface area contributed by atoms with Crippen LogP contribution >= 0.6 is 11.3 Å². The van der Waals surface area contributed by atoms with E-state index in [0.29, 0.717) is 0 Å². The molecule has 0 aliphatic rings. The second kappa shape index (κ2) is 3.94. The summed E-state index contributed by atoms with van der Waals surface area (Å²) in [6.45, 7) is 1.93. The van der Waals surface area contributed by atoms with Crippen molar-refractivity contribution in [3.8, 4) is 11.3 Å². The molecule has 17 heavy (non-hydrogen) atoms. The minimum absolute atomic E-state index is 0.0399. The van der Waals surface area contributed by atoms with E-state index in [4.69, 9.17) is 5.73 Å². The van der Waals surface area contributed by atoms with Crippen molar-refractivity contribution in [1.82, 2.24) is 14.6 Å². The molecule has 2 heterocycles. The van der Waals surface area contributed by atoms with Crippen molar-refractivity contribution in [1.29, 1.82) is 0 Å². The van der Waals surface area contributed by atoms with Gasteiger partial charge in [0.1, 0.15) is 5.01 Å². The lowest BCUT2D eigenvalue weighted by Crippen LogP contribution is -2.04. The lowest BCUT2D eigenvalue weighted by Gasteiger charge is -1.96. The van der Waals surface area contributed by atoms with Crippen LogP contribution in [0.3, 0.4) is 0 Å². The third-order valence-electron chi connectivity index (χ3n) is 2.52. The molecule has 0 amide bonds. The molecule has 0 aliphatic heterocycles. The fraction of sp³-hybridized carbons (Fsp3) is 0.167. The van der Waals surface area contributed by atoms with Crippen molar-refractivity contribution < 1.29 is 0 Å². The molecule has 0 radical (unpaired) electrons. The average molecular weight is 244 g/mol. The number of nitrogens with zero attached hydrogens (tertiary/aromatic N) is 3. The Morgan fingerprint density at radius 3 is 2.71 bits per heavy atom. The fourth-order valence-electron chi connectivity index (χ4n) is 1.65. The standard InChI is InChI=1S/C12H12N4S/c1-8(13)11-15-16-7-10(14-12(16)17-11)9-5-3-2-4-6-9/h2-8H,13H2,1H3. The topological polar surface area (TPSA) is 56.2 Å². The van der Waals surface area contributed by atoms with E-state index in [-0.39, 0.29) is 6.04 Å². The second-order valence-electron chi connectivity index (χ2n) is 3.95. The van der Waals surface area contributed by atoms with Gasteiger partial charge in [0.25, 0.3) is 0 Å². The van der Waals surface area contributed by atoms with Gasteiger partial charge in [-0.3, -0.25) is 0 Å². The van der Waals surface area contributed by atoms with Gasteiger partial charge in [0, 0.05) is 5.56 Å². The normalized spacial score (nSPS) is 13.1. The first-order valence-electron chi connectivity index (χ1n) is 5.41. The number of fused-ring (bicyclic) bond motifs is 1. The number of rotatable bonds is 2. The van der Waals surface area contributed by atoms with Crippen LogP contribution in [0, 0.1) is 0 Å². The van der Waals surface area contributed by atoms with Gasteiger partial charge in [0.05, 0.1) is 17.9 Å². The summed E-state index contributed by atoms with van der Waals surface area (Å²) in [7, 11) is 0. The highest BCUT2D eigenvalue weighted by molar-refractivity contribution is 7.16. The highest BCUT2D eigenvalue weighted by Crippen LogP contribution is 2.23. The van der Waals surface area contributed by atoms with Crippen LogP contribution in [0.1, 0.15) is 18.0 Å². The minimum Gasteiger partial charge on any atom is -0.322 e. The molecule has 0 spiro atoms. The quantitative estimate of drug-likeness (QED) is 0.753. The minimum atomic E-state index is -0.0399. The zero-order valence-electron chi connectivity index (χ0n) is 9.37. The maximum atomic E-state index is 5.79. The summed E-state index contributed by atoms with van der Waals surface area (Å²) in [6, 6.07) is 10.0. The Kier molecular flexibility index (Phi) is 2.42. The number of nitrogens with two attached hydrogens (primary N) is 1. The van der Waals surface area contributed by atoms with Gasteiger partial charge in [0.2, 0.25) is 4.96 Å². The molecule has 4 nitrogen and oxygen atoms in total. The predicted molar refractivity (Wildman–Crippen MR) is 68.9 cm³/mol. The van der Waals surface area contributed by atoms with Gasteiger partial charge < -0.3 is 5.73 Å². The van der Waals surface area contributed by atoms with E-state index in [1.54, 1.807) is 4.52 Å². The Hall–Kier alpha value is -1.72. The zero-order chi connectivity index (χ0) is 11.8. The van der Waals surface area contributed by atoms with E-state index in [0.717, 1.165) is 21.2 Å². The Labute approximate surface area is 103 Å². The van der Waals surface area contributed by atoms with Crippen molar-refractivity contribution in [3.63, 3.8) is 0 Å². The van der Waals surface area contributed by atoms with Gasteiger partial charge in [-0.1, -0.05) is 41.7 Å². The molecule has 86 valence electrons. The van der Waals surface area contributed by atoms with Gasteiger partial charge in [-0.05, 0) is 6.92 Å². The van der Waals surface area contributed by atoms with Crippen LogP contribution in [-0.2, 0) is 0 Å². The van der Waals surface area contributed by atoms with Crippen LogP contribution in [0.15, 0.2) is 36.5 Å². The molecule has 3 aromatic rings.